The van der Waals surface area contributed by atoms with E-state index < -0.39 is 35.5 Å². The van der Waals surface area contributed by atoms with Crippen molar-refractivity contribution in [2.45, 2.75) is 24.1 Å². The molecule has 2 saturated heterocycles. The predicted molar refractivity (Wildman–Crippen MR) is 125 cm³/mol. The minimum atomic E-state index is -1.42. The number of hydrogen-bond acceptors (Lipinski definition) is 12. The van der Waals surface area contributed by atoms with Crippen LogP contribution in [-0.2, 0) is 19.2 Å². The molecule has 2 amide bonds. The normalized spacial score (nSPS) is 28.7. The van der Waals surface area contributed by atoms with Crippen LogP contribution < -0.4 is 11.1 Å². The quantitative estimate of drug-likeness (QED) is 0.0820. The summed E-state index contributed by atoms with van der Waals surface area (Å²) in [5, 5.41) is 34.7. The molecule has 0 bridgehead atoms. The number of carbonyl (C=O) groups excluding carboxylic acids is 2. The molecule has 190 valence electrons. The van der Waals surface area contributed by atoms with E-state index >= 15 is 0 Å². The van der Waals surface area contributed by atoms with Gasteiger partial charge in [0.15, 0.2) is 11.4 Å². The summed E-state index contributed by atoms with van der Waals surface area (Å²) in [5.74, 6) is -2.51. The molecular weight excluding hydrogens is 502 g/mol. The number of β-lactam (4-membered cyclic amide) rings is 1. The molecule has 3 aliphatic heterocycles. The van der Waals surface area contributed by atoms with Gasteiger partial charge in [0.2, 0.25) is 11.5 Å². The molecule has 0 aromatic carbocycles. The van der Waals surface area contributed by atoms with E-state index in [1.54, 1.807) is 0 Å². The van der Waals surface area contributed by atoms with Crippen LogP contribution in [0.5, 0.6) is 0 Å². The van der Waals surface area contributed by atoms with Crippen LogP contribution in [-0.4, -0.2) is 115 Å². The SMILES string of the molecule is CO/N=C(\C(=O)NC1C(=O)N2C(C(=O)O)=C(C[N+]3(C)CC[C@@H](C(O)O)C3)CS[C@@H]12)c1nsc(N)n1. The summed E-state index contributed by atoms with van der Waals surface area (Å²) in [5.41, 5.74) is 5.83. The number of rotatable bonds is 8. The van der Waals surface area contributed by atoms with Crippen LogP contribution in [0.2, 0.25) is 0 Å². The maximum Gasteiger partial charge on any atom is 0.352 e. The van der Waals surface area contributed by atoms with Gasteiger partial charge in [-0.2, -0.15) is 9.36 Å². The first-order valence-electron chi connectivity index (χ1n) is 10.7. The summed E-state index contributed by atoms with van der Waals surface area (Å²) in [7, 11) is 3.18. The highest BCUT2D eigenvalue weighted by molar-refractivity contribution is 8.00. The second-order valence-electron chi connectivity index (χ2n) is 8.84. The van der Waals surface area contributed by atoms with E-state index in [1.165, 1.54) is 23.8 Å². The monoisotopic (exact) mass is 528 g/mol. The van der Waals surface area contributed by atoms with E-state index in [0.29, 0.717) is 41.9 Å². The first-order valence-corrected chi connectivity index (χ1v) is 12.5. The maximum atomic E-state index is 13.0. The molecule has 4 atom stereocenters. The number of carboxylic acids is 1. The van der Waals surface area contributed by atoms with Crippen LogP contribution in [0.25, 0.3) is 0 Å². The Morgan fingerprint density at radius 3 is 2.74 bits per heavy atom. The lowest BCUT2D eigenvalue weighted by Crippen LogP contribution is -2.71. The molecule has 3 aliphatic rings. The Labute approximate surface area is 208 Å². The Morgan fingerprint density at radius 1 is 1.43 bits per heavy atom. The van der Waals surface area contributed by atoms with Gasteiger partial charge in [0.25, 0.3) is 11.8 Å². The van der Waals surface area contributed by atoms with Gasteiger partial charge in [-0.3, -0.25) is 14.5 Å². The van der Waals surface area contributed by atoms with Crippen molar-refractivity contribution in [2.24, 2.45) is 11.1 Å². The Kier molecular flexibility index (Phi) is 7.01. The van der Waals surface area contributed by atoms with E-state index in [4.69, 9.17) is 10.6 Å². The van der Waals surface area contributed by atoms with E-state index in [0.717, 1.165) is 11.5 Å². The number of anilines is 1. The van der Waals surface area contributed by atoms with Crippen LogP contribution >= 0.6 is 23.3 Å². The summed E-state index contributed by atoms with van der Waals surface area (Å²) in [6.45, 7) is 1.52. The summed E-state index contributed by atoms with van der Waals surface area (Å²) in [4.78, 5) is 47.8. The van der Waals surface area contributed by atoms with Crippen LogP contribution in [0, 0.1) is 5.92 Å². The molecule has 0 radical (unpaired) electrons. The number of fused-ring (bicyclic) bond motifs is 1. The summed E-state index contributed by atoms with van der Waals surface area (Å²) in [6, 6.07) is -0.966. The second-order valence-corrected chi connectivity index (χ2v) is 10.7. The number of aliphatic hydroxyl groups excluding tert-OH is 1. The van der Waals surface area contributed by atoms with Gasteiger partial charge >= 0.3 is 5.97 Å². The molecule has 2 unspecified atom stereocenters. The van der Waals surface area contributed by atoms with Gasteiger partial charge in [0, 0.05) is 29.3 Å². The number of aliphatic carboxylic acids is 1. The Balaban J connectivity index is 1.50. The zero-order chi connectivity index (χ0) is 25.5. The molecule has 14 nitrogen and oxygen atoms in total. The third kappa shape index (κ3) is 4.84. The summed E-state index contributed by atoms with van der Waals surface area (Å²) < 4.78 is 4.39. The third-order valence-electron chi connectivity index (χ3n) is 6.30. The Bertz CT molecular complexity index is 1110. The standard InChI is InChI=1S/C19H25N7O7S2/c1-26(4-3-8(5-26)17(29)30)6-9-7-34-16-11(15(28)25(16)12(9)18(31)32)21-14(27)10(23-33-2)13-22-19(20)35-24-13/h8,11,16-17,29-30H,3-7H2,1-2H3,(H3-,20,21,22,24,27,31,32)/p+1/b23-10-/t8-,11?,16+,26?/m1/s1. The fourth-order valence-electron chi connectivity index (χ4n) is 4.69. The third-order valence-corrected chi connectivity index (χ3v) is 8.18. The number of nitrogens with zero attached hydrogens (tertiary/aromatic N) is 5. The number of nitrogen functional groups attached to an aromatic ring is 1. The number of carbonyl (C=O) groups is 3. The number of likely N-dealkylation sites (tertiary alicyclic amines) is 1. The summed E-state index contributed by atoms with van der Waals surface area (Å²) in [6.07, 6.45) is -0.807. The molecule has 0 saturated carbocycles. The average Bonchev–Trinajstić information content (AvgIpc) is 3.40. The van der Waals surface area contributed by atoms with Gasteiger partial charge in [-0.15, -0.1) is 11.8 Å². The highest BCUT2D eigenvalue weighted by Gasteiger charge is 2.55. The number of nitrogens with one attached hydrogen (secondary N) is 1. The van der Waals surface area contributed by atoms with Crippen molar-refractivity contribution in [3.8, 4) is 0 Å². The molecule has 0 aliphatic carbocycles. The first-order chi connectivity index (χ1) is 16.5. The number of aliphatic hydroxyl groups is 2. The molecule has 4 heterocycles. The van der Waals surface area contributed by atoms with Gasteiger partial charge in [0.05, 0.1) is 26.1 Å². The molecule has 1 aromatic heterocycles. The lowest BCUT2D eigenvalue weighted by molar-refractivity contribution is -0.894. The lowest BCUT2D eigenvalue weighted by atomic mass is 10.0. The molecule has 0 spiro atoms. The molecule has 35 heavy (non-hydrogen) atoms. The number of aromatic nitrogens is 2. The van der Waals surface area contributed by atoms with Gasteiger partial charge in [-0.25, -0.2) is 4.79 Å². The molecule has 6 N–H and O–H groups in total. The van der Waals surface area contributed by atoms with Crippen molar-refractivity contribution in [1.29, 1.82) is 0 Å². The first kappa shape index (κ1) is 25.3. The van der Waals surface area contributed by atoms with Crippen LogP contribution in [0.15, 0.2) is 16.4 Å². The van der Waals surface area contributed by atoms with Crippen molar-refractivity contribution in [1.82, 2.24) is 19.6 Å². The minimum absolute atomic E-state index is 0.0472. The minimum Gasteiger partial charge on any atom is -0.477 e. The van der Waals surface area contributed by atoms with Gasteiger partial charge in [0.1, 0.15) is 30.8 Å². The van der Waals surface area contributed by atoms with Crippen molar-refractivity contribution < 1.29 is 39.0 Å². The van der Waals surface area contributed by atoms with Crippen molar-refractivity contribution in [3.63, 3.8) is 0 Å². The zero-order valence-corrected chi connectivity index (χ0v) is 20.6. The van der Waals surface area contributed by atoms with Gasteiger partial charge in [-0.1, -0.05) is 5.16 Å². The number of thioether (sulfide) groups is 1. The average molecular weight is 529 g/mol. The van der Waals surface area contributed by atoms with Crippen molar-refractivity contribution in [2.75, 3.05) is 45.3 Å². The largest absolute Gasteiger partial charge is 0.477 e. The number of quaternary nitrogens is 1. The van der Waals surface area contributed by atoms with Crippen LogP contribution in [0.1, 0.15) is 12.2 Å². The van der Waals surface area contributed by atoms with E-state index in [2.05, 4.69) is 19.8 Å². The Morgan fingerprint density at radius 2 is 2.17 bits per heavy atom. The van der Waals surface area contributed by atoms with E-state index in [9.17, 15) is 29.7 Å². The highest BCUT2D eigenvalue weighted by Crippen LogP contribution is 2.41. The molecule has 2 fully saturated rings. The lowest BCUT2D eigenvalue weighted by Gasteiger charge is -2.49. The maximum absolute atomic E-state index is 13.0. The van der Waals surface area contributed by atoms with Crippen molar-refractivity contribution >= 4 is 51.9 Å². The van der Waals surface area contributed by atoms with E-state index in [-0.39, 0.29) is 28.3 Å². The van der Waals surface area contributed by atoms with Crippen LogP contribution in [0.3, 0.4) is 0 Å². The molecule has 1 aromatic rings. The van der Waals surface area contributed by atoms with Crippen molar-refractivity contribution in [3.05, 3.63) is 17.1 Å². The topological polar surface area (TPSA) is 201 Å². The number of amides is 2. The molecular formula is C19H26N7O7S2+. The second kappa shape index (κ2) is 9.69. The number of carboxylic acid groups (broad SMARTS) is 1. The predicted octanol–water partition coefficient (Wildman–Crippen LogP) is -2.01. The van der Waals surface area contributed by atoms with Gasteiger partial charge in [-0.05, 0) is 0 Å². The number of hydrogen-bond donors (Lipinski definition) is 5. The van der Waals surface area contributed by atoms with Crippen LogP contribution in [0.4, 0.5) is 5.13 Å². The fourth-order valence-corrected chi connectivity index (χ4v) is 6.46. The molecule has 4 rings (SSSR count). The fraction of sp³-hybridized carbons (Fsp3) is 0.579. The smallest absolute Gasteiger partial charge is 0.352 e. The number of likely N-dealkylation sites (N-methyl/N-ethyl adjacent to an activating group) is 1. The van der Waals surface area contributed by atoms with Gasteiger partial charge < -0.3 is 35.7 Å². The summed E-state index contributed by atoms with van der Waals surface area (Å²) >= 11 is 2.22. The highest BCUT2D eigenvalue weighted by atomic mass is 32.2. The number of oxime groups is 1. The molecule has 16 heteroatoms. The number of nitrogens with two attached hydrogens (primary N) is 1. The Hall–Kier alpha value is -2.79. The zero-order valence-electron chi connectivity index (χ0n) is 18.9. The van der Waals surface area contributed by atoms with E-state index in [1.807, 2.05) is 7.05 Å².